The lowest BCUT2D eigenvalue weighted by Crippen LogP contribution is -2.28. The first-order valence-electron chi connectivity index (χ1n) is 10.1. The highest BCUT2D eigenvalue weighted by molar-refractivity contribution is 6.05. The predicted molar refractivity (Wildman–Crippen MR) is 119 cm³/mol. The van der Waals surface area contributed by atoms with Crippen LogP contribution in [0.25, 0.3) is 5.65 Å². The van der Waals surface area contributed by atoms with Gasteiger partial charge in [-0.3, -0.25) is 19.1 Å². The summed E-state index contributed by atoms with van der Waals surface area (Å²) in [7, 11) is 3.40. The number of rotatable bonds is 7. The molecule has 0 atom stereocenters. The van der Waals surface area contributed by atoms with Crippen molar-refractivity contribution in [3.05, 3.63) is 83.9 Å². The highest BCUT2D eigenvalue weighted by Gasteiger charge is 2.22. The Morgan fingerprint density at radius 3 is 2.68 bits per heavy atom. The van der Waals surface area contributed by atoms with Gasteiger partial charge < -0.3 is 9.47 Å². The van der Waals surface area contributed by atoms with Gasteiger partial charge in [0.05, 0.1) is 12.8 Å². The molecule has 0 aliphatic carbocycles. The summed E-state index contributed by atoms with van der Waals surface area (Å²) >= 11 is 0. The molecule has 0 unspecified atom stereocenters. The number of methoxy groups -OCH3 is 1. The number of hydrogen-bond acceptors (Lipinski definition) is 5. The third-order valence-electron chi connectivity index (χ3n) is 5.07. The van der Waals surface area contributed by atoms with Crippen LogP contribution in [-0.2, 0) is 13.0 Å². The monoisotopic (exact) mass is 416 g/mol. The third-order valence-corrected chi connectivity index (χ3v) is 5.07. The molecule has 7 nitrogen and oxygen atoms in total. The van der Waals surface area contributed by atoms with Crippen LogP contribution >= 0.6 is 0 Å². The summed E-state index contributed by atoms with van der Waals surface area (Å²) in [5.74, 6) is 2.04. The Labute approximate surface area is 180 Å². The smallest absolute Gasteiger partial charge is 0.259 e. The van der Waals surface area contributed by atoms with Crippen molar-refractivity contribution in [1.82, 2.24) is 14.4 Å². The Hall–Kier alpha value is -3.87. The second-order valence-corrected chi connectivity index (χ2v) is 7.04. The van der Waals surface area contributed by atoms with Gasteiger partial charge in [-0.2, -0.15) is 0 Å². The van der Waals surface area contributed by atoms with Crippen LogP contribution in [0.2, 0.25) is 0 Å². The van der Waals surface area contributed by atoms with Gasteiger partial charge in [0.15, 0.2) is 11.4 Å². The molecule has 0 saturated carbocycles. The molecule has 0 N–H and O–H groups in total. The largest absolute Gasteiger partial charge is 0.497 e. The van der Waals surface area contributed by atoms with Crippen LogP contribution in [-0.4, -0.2) is 34.4 Å². The minimum absolute atomic E-state index is 0.124. The van der Waals surface area contributed by atoms with Crippen molar-refractivity contribution >= 4 is 17.4 Å². The molecule has 3 heterocycles. The lowest BCUT2D eigenvalue weighted by Gasteiger charge is -2.18. The fourth-order valence-electron chi connectivity index (χ4n) is 3.49. The Bertz CT molecular complexity index is 1200. The summed E-state index contributed by atoms with van der Waals surface area (Å²) in [5, 5.41) is 0. The maximum Gasteiger partial charge on any atom is 0.259 e. The van der Waals surface area contributed by atoms with E-state index in [0.29, 0.717) is 30.0 Å². The number of anilines is 1. The van der Waals surface area contributed by atoms with E-state index < -0.39 is 0 Å². The van der Waals surface area contributed by atoms with Crippen LogP contribution in [0.1, 0.15) is 28.5 Å². The van der Waals surface area contributed by atoms with Gasteiger partial charge in [-0.15, -0.1) is 0 Å². The number of ether oxygens (including phenoxy) is 2. The molecule has 7 heteroatoms. The summed E-state index contributed by atoms with van der Waals surface area (Å²) in [6.07, 6.45) is 5.80. The van der Waals surface area contributed by atoms with Crippen LogP contribution in [0.5, 0.6) is 11.5 Å². The number of fused-ring (bicyclic) bond motifs is 1. The van der Waals surface area contributed by atoms with Gasteiger partial charge in [0.25, 0.3) is 5.91 Å². The number of carbonyl (C=O) groups excluding carboxylic acids is 1. The lowest BCUT2D eigenvalue weighted by molar-refractivity contribution is 0.0992. The Morgan fingerprint density at radius 1 is 1.13 bits per heavy atom. The van der Waals surface area contributed by atoms with Crippen LogP contribution in [0, 0.1) is 0 Å². The van der Waals surface area contributed by atoms with E-state index in [4.69, 9.17) is 14.5 Å². The highest BCUT2D eigenvalue weighted by atomic mass is 16.5. The van der Waals surface area contributed by atoms with Gasteiger partial charge in [-0.05, 0) is 48.4 Å². The molecule has 0 saturated heterocycles. The summed E-state index contributed by atoms with van der Waals surface area (Å²) in [6, 6.07) is 14.9. The Balaban J connectivity index is 1.67. The van der Waals surface area contributed by atoms with Crippen LogP contribution in [0.4, 0.5) is 5.82 Å². The van der Waals surface area contributed by atoms with Crippen molar-refractivity contribution in [1.29, 1.82) is 0 Å². The number of nitrogens with zero attached hydrogens (tertiary/aromatic N) is 4. The van der Waals surface area contributed by atoms with Gasteiger partial charge in [0, 0.05) is 31.2 Å². The highest BCUT2D eigenvalue weighted by Crippen LogP contribution is 2.29. The van der Waals surface area contributed by atoms with Crippen LogP contribution < -0.4 is 14.4 Å². The molecule has 3 aromatic heterocycles. The van der Waals surface area contributed by atoms with Crippen LogP contribution in [0.15, 0.2) is 67.1 Å². The molecule has 0 fully saturated rings. The number of benzene rings is 1. The molecule has 0 aliphatic rings. The molecule has 0 radical (unpaired) electrons. The zero-order chi connectivity index (χ0) is 21.8. The number of hydrogen-bond donors (Lipinski definition) is 0. The average molecular weight is 416 g/mol. The lowest BCUT2D eigenvalue weighted by atomic mass is 10.2. The van der Waals surface area contributed by atoms with Crippen molar-refractivity contribution in [3.63, 3.8) is 0 Å². The van der Waals surface area contributed by atoms with Gasteiger partial charge in [0.2, 0.25) is 0 Å². The van der Waals surface area contributed by atoms with Crippen molar-refractivity contribution in [2.45, 2.75) is 20.0 Å². The summed E-state index contributed by atoms with van der Waals surface area (Å²) in [6.45, 7) is 2.40. The Morgan fingerprint density at radius 2 is 1.94 bits per heavy atom. The first-order valence-corrected chi connectivity index (χ1v) is 10.1. The minimum atomic E-state index is -0.124. The molecule has 31 heavy (non-hydrogen) atoms. The predicted octanol–water partition coefficient (Wildman–Crippen LogP) is 4.16. The topological polar surface area (TPSA) is 69.0 Å². The van der Waals surface area contributed by atoms with E-state index >= 15 is 0 Å². The average Bonchev–Trinajstić information content (AvgIpc) is 3.21. The summed E-state index contributed by atoms with van der Waals surface area (Å²) in [4.78, 5) is 23.4. The zero-order valence-corrected chi connectivity index (χ0v) is 17.8. The van der Waals surface area contributed by atoms with E-state index in [-0.39, 0.29) is 5.91 Å². The molecular formula is C24H24N4O3. The number of aromatic nitrogens is 3. The molecule has 1 amide bonds. The van der Waals surface area contributed by atoms with Crippen molar-refractivity contribution in [2.75, 3.05) is 19.1 Å². The number of amides is 1. The second kappa shape index (κ2) is 8.87. The SMILES string of the molecule is CCc1nc2c(OCc3cccc(OC)c3)cccn2c1N(C)C(=O)c1ccncc1. The fraction of sp³-hybridized carbons (Fsp3) is 0.208. The molecular weight excluding hydrogens is 392 g/mol. The van der Waals surface area contributed by atoms with E-state index in [0.717, 1.165) is 22.8 Å². The first-order chi connectivity index (χ1) is 15.1. The van der Waals surface area contributed by atoms with Crippen molar-refractivity contribution < 1.29 is 14.3 Å². The standard InChI is InChI=1S/C24H24N4O3/c1-4-20-23(27(2)24(29)18-10-12-25-13-11-18)28-14-6-9-21(22(28)26-20)31-16-17-7-5-8-19(15-17)30-3/h5-15H,4,16H2,1-3H3. The van der Waals surface area contributed by atoms with Gasteiger partial charge in [-0.25, -0.2) is 4.98 Å². The number of aryl methyl sites for hydroxylation is 1. The van der Waals surface area contributed by atoms with Crippen molar-refractivity contribution in [3.8, 4) is 11.5 Å². The van der Waals surface area contributed by atoms with Crippen LogP contribution in [0.3, 0.4) is 0 Å². The zero-order valence-electron chi connectivity index (χ0n) is 17.8. The van der Waals surface area contributed by atoms with E-state index in [1.54, 1.807) is 43.6 Å². The van der Waals surface area contributed by atoms with Crippen molar-refractivity contribution in [2.24, 2.45) is 0 Å². The quantitative estimate of drug-likeness (QED) is 0.453. The van der Waals surface area contributed by atoms with Gasteiger partial charge in [0.1, 0.15) is 18.2 Å². The Kier molecular flexibility index (Phi) is 5.84. The number of carbonyl (C=O) groups is 1. The molecule has 0 spiro atoms. The minimum Gasteiger partial charge on any atom is -0.497 e. The molecule has 0 bridgehead atoms. The molecule has 158 valence electrons. The second-order valence-electron chi connectivity index (χ2n) is 7.04. The molecule has 4 rings (SSSR count). The first kappa shape index (κ1) is 20.4. The van der Waals surface area contributed by atoms with E-state index in [1.807, 2.05) is 53.9 Å². The summed E-state index contributed by atoms with van der Waals surface area (Å²) < 4.78 is 13.3. The van der Waals surface area contributed by atoms with E-state index in [2.05, 4.69) is 4.98 Å². The number of pyridine rings is 2. The molecule has 4 aromatic rings. The third kappa shape index (κ3) is 4.07. The maximum atomic E-state index is 13.0. The van der Waals surface area contributed by atoms with E-state index in [9.17, 15) is 4.79 Å². The fourth-order valence-corrected chi connectivity index (χ4v) is 3.49. The van der Waals surface area contributed by atoms with E-state index in [1.165, 1.54) is 0 Å². The number of imidazole rings is 1. The molecule has 0 aliphatic heterocycles. The normalized spacial score (nSPS) is 10.8. The van der Waals surface area contributed by atoms with Gasteiger partial charge in [-0.1, -0.05) is 19.1 Å². The summed E-state index contributed by atoms with van der Waals surface area (Å²) in [5.41, 5.74) is 3.06. The molecule has 1 aromatic carbocycles. The maximum absolute atomic E-state index is 13.0. The van der Waals surface area contributed by atoms with Gasteiger partial charge >= 0.3 is 0 Å².